The number of amides is 1. The zero-order valence-electron chi connectivity index (χ0n) is 19.5. The van der Waals surface area contributed by atoms with Crippen LogP contribution < -0.4 is 13.8 Å². The van der Waals surface area contributed by atoms with Gasteiger partial charge in [-0.05, 0) is 43.2 Å². The highest BCUT2D eigenvalue weighted by Crippen LogP contribution is 2.33. The second-order valence-corrected chi connectivity index (χ2v) is 10.1. The van der Waals surface area contributed by atoms with Crippen molar-refractivity contribution >= 4 is 39.2 Å². The molecule has 3 rings (SSSR count). The van der Waals surface area contributed by atoms with Gasteiger partial charge in [0.2, 0.25) is 5.91 Å². The maximum Gasteiger partial charge on any atom is 0.308 e. The Bertz CT molecular complexity index is 1200. The van der Waals surface area contributed by atoms with Crippen LogP contribution in [-0.2, 0) is 24.3 Å². The second kappa shape index (κ2) is 11.1. The minimum Gasteiger partial charge on any atom is -0.493 e. The molecule has 0 bridgehead atoms. The van der Waals surface area contributed by atoms with Crippen LogP contribution in [0, 0.1) is 11.7 Å². The molecule has 9 nitrogen and oxygen atoms in total. The monoisotopic (exact) mass is 528 g/mol. The summed E-state index contributed by atoms with van der Waals surface area (Å²) in [5, 5.41) is -0.290. The molecule has 0 atom stereocenters. The average Bonchev–Trinajstić information content (AvgIpc) is 2.87. The lowest BCUT2D eigenvalue weighted by molar-refractivity contribution is -0.148. The van der Waals surface area contributed by atoms with Gasteiger partial charge in [0.15, 0.2) is 11.5 Å². The Morgan fingerprint density at radius 2 is 1.71 bits per heavy atom. The van der Waals surface area contributed by atoms with Gasteiger partial charge in [0.05, 0.1) is 42.9 Å². The summed E-state index contributed by atoms with van der Waals surface area (Å²) < 4.78 is 57.1. The number of benzene rings is 2. The topological polar surface area (TPSA) is 102 Å². The van der Waals surface area contributed by atoms with Crippen LogP contribution in [0.2, 0.25) is 5.02 Å². The summed E-state index contributed by atoms with van der Waals surface area (Å²) in [5.74, 6) is -1.34. The molecule has 0 N–H and O–H groups in total. The number of halogens is 2. The predicted octanol–water partition coefficient (Wildman–Crippen LogP) is 3.10. The van der Waals surface area contributed by atoms with Crippen molar-refractivity contribution in [3.63, 3.8) is 0 Å². The number of methoxy groups -OCH3 is 3. The van der Waals surface area contributed by atoms with Gasteiger partial charge >= 0.3 is 5.97 Å². The van der Waals surface area contributed by atoms with E-state index in [1.807, 2.05) is 0 Å². The van der Waals surface area contributed by atoms with Crippen molar-refractivity contribution in [3.05, 3.63) is 47.2 Å². The lowest BCUT2D eigenvalue weighted by Gasteiger charge is -2.33. The number of sulfonamides is 1. The van der Waals surface area contributed by atoms with Crippen LogP contribution in [0.5, 0.6) is 11.5 Å². The van der Waals surface area contributed by atoms with Crippen molar-refractivity contribution in [2.75, 3.05) is 45.3 Å². The van der Waals surface area contributed by atoms with Crippen LogP contribution in [0.4, 0.5) is 10.1 Å². The molecule has 2 aromatic rings. The van der Waals surface area contributed by atoms with E-state index in [1.165, 1.54) is 50.5 Å². The Morgan fingerprint density at radius 3 is 2.29 bits per heavy atom. The fourth-order valence-electron chi connectivity index (χ4n) is 3.81. The highest BCUT2D eigenvalue weighted by Gasteiger charge is 2.33. The van der Waals surface area contributed by atoms with Gasteiger partial charge in [-0.3, -0.25) is 13.9 Å². The fraction of sp³-hybridized carbons (Fsp3) is 0.391. The van der Waals surface area contributed by atoms with Crippen molar-refractivity contribution in [1.82, 2.24) is 4.90 Å². The van der Waals surface area contributed by atoms with E-state index in [-0.39, 0.29) is 46.3 Å². The van der Waals surface area contributed by atoms with Crippen LogP contribution >= 0.6 is 11.6 Å². The first-order chi connectivity index (χ1) is 16.6. The summed E-state index contributed by atoms with van der Waals surface area (Å²) in [6.45, 7) is -0.0123. The van der Waals surface area contributed by atoms with Crippen LogP contribution in [0.15, 0.2) is 41.3 Å². The summed E-state index contributed by atoms with van der Waals surface area (Å²) in [5.41, 5.74) is 0.0176. The maximum absolute atomic E-state index is 13.8. The molecule has 0 aliphatic carbocycles. The molecular formula is C23H26ClFN2O7S. The zero-order chi connectivity index (χ0) is 25.8. The van der Waals surface area contributed by atoms with Gasteiger partial charge in [0, 0.05) is 19.2 Å². The SMILES string of the molecule is COC(=O)C1CCN(C(=O)CN(c2ccc(F)c(Cl)c2)S(=O)(=O)c2ccc(OC)c(OC)c2)CC1. The smallest absolute Gasteiger partial charge is 0.308 e. The van der Waals surface area contributed by atoms with E-state index < -0.39 is 28.3 Å². The fourth-order valence-corrected chi connectivity index (χ4v) is 5.41. The first-order valence-electron chi connectivity index (χ1n) is 10.7. The average molecular weight is 529 g/mol. The number of piperidine rings is 1. The lowest BCUT2D eigenvalue weighted by atomic mass is 9.97. The highest BCUT2D eigenvalue weighted by molar-refractivity contribution is 7.92. The van der Waals surface area contributed by atoms with Gasteiger partial charge in [-0.2, -0.15) is 0 Å². The minimum absolute atomic E-state index is 0.0176. The molecular weight excluding hydrogens is 503 g/mol. The molecule has 2 aromatic carbocycles. The predicted molar refractivity (Wildman–Crippen MR) is 127 cm³/mol. The van der Waals surface area contributed by atoms with Crippen molar-refractivity contribution in [1.29, 1.82) is 0 Å². The van der Waals surface area contributed by atoms with E-state index >= 15 is 0 Å². The molecule has 1 heterocycles. The summed E-state index contributed by atoms with van der Waals surface area (Å²) in [6, 6.07) is 7.43. The zero-order valence-corrected chi connectivity index (χ0v) is 21.1. The number of carbonyl (C=O) groups excluding carboxylic acids is 2. The number of anilines is 1. The minimum atomic E-state index is -4.31. The van der Waals surface area contributed by atoms with Crippen molar-refractivity contribution in [3.8, 4) is 11.5 Å². The number of nitrogens with zero attached hydrogens (tertiary/aromatic N) is 2. The van der Waals surface area contributed by atoms with Gasteiger partial charge in [-0.1, -0.05) is 11.6 Å². The quantitative estimate of drug-likeness (QED) is 0.485. The third kappa shape index (κ3) is 5.79. The summed E-state index contributed by atoms with van der Waals surface area (Å²) in [7, 11) is -0.212. The number of hydrogen-bond acceptors (Lipinski definition) is 7. The largest absolute Gasteiger partial charge is 0.493 e. The van der Waals surface area contributed by atoms with Crippen LogP contribution in [-0.4, -0.2) is 66.2 Å². The van der Waals surface area contributed by atoms with Gasteiger partial charge in [-0.25, -0.2) is 12.8 Å². The number of hydrogen-bond donors (Lipinski definition) is 0. The molecule has 0 spiro atoms. The Morgan fingerprint density at radius 1 is 1.06 bits per heavy atom. The first-order valence-corrected chi connectivity index (χ1v) is 12.5. The molecule has 190 valence electrons. The van der Waals surface area contributed by atoms with Crippen molar-refractivity contribution in [2.45, 2.75) is 17.7 Å². The molecule has 1 amide bonds. The number of carbonyl (C=O) groups is 2. The van der Waals surface area contributed by atoms with E-state index in [0.29, 0.717) is 18.6 Å². The molecule has 1 aliphatic rings. The van der Waals surface area contributed by atoms with E-state index in [9.17, 15) is 22.4 Å². The second-order valence-electron chi connectivity index (χ2n) is 7.81. The Labute approximate surface area is 208 Å². The summed E-state index contributed by atoms with van der Waals surface area (Å²) >= 11 is 5.91. The van der Waals surface area contributed by atoms with Crippen LogP contribution in [0.1, 0.15) is 12.8 Å². The third-order valence-corrected chi connectivity index (χ3v) is 7.85. The lowest BCUT2D eigenvalue weighted by Crippen LogP contribution is -2.46. The van der Waals surface area contributed by atoms with Crippen LogP contribution in [0.25, 0.3) is 0 Å². The van der Waals surface area contributed by atoms with Crippen molar-refractivity contribution in [2.24, 2.45) is 5.92 Å². The van der Waals surface area contributed by atoms with Gasteiger partial charge in [0.1, 0.15) is 12.4 Å². The normalized spacial score (nSPS) is 14.4. The first kappa shape index (κ1) is 26.6. The standard InChI is InChI=1S/C23H26ClFN2O7S/c1-32-20-7-5-17(13-21(20)33-2)35(30,31)27(16-4-6-19(25)18(24)12-16)14-22(28)26-10-8-15(9-11-26)23(29)34-3/h4-7,12-13,15H,8-11,14H2,1-3H3. The Balaban J connectivity index is 1.94. The molecule has 0 saturated carbocycles. The molecule has 0 unspecified atom stereocenters. The number of rotatable bonds is 8. The summed E-state index contributed by atoms with van der Waals surface area (Å²) in [6.07, 6.45) is 0.812. The van der Waals surface area contributed by atoms with Gasteiger partial charge < -0.3 is 19.1 Å². The molecule has 1 saturated heterocycles. The maximum atomic E-state index is 13.8. The van der Waals surface area contributed by atoms with E-state index in [4.69, 9.17) is 25.8 Å². The van der Waals surface area contributed by atoms with E-state index in [0.717, 1.165) is 16.4 Å². The molecule has 12 heteroatoms. The molecule has 1 aliphatic heterocycles. The van der Waals surface area contributed by atoms with E-state index in [1.54, 1.807) is 0 Å². The van der Waals surface area contributed by atoms with Crippen molar-refractivity contribution < 1.29 is 36.6 Å². The number of ether oxygens (including phenoxy) is 3. The van der Waals surface area contributed by atoms with Gasteiger partial charge in [-0.15, -0.1) is 0 Å². The number of esters is 1. The molecule has 0 aromatic heterocycles. The Kier molecular flexibility index (Phi) is 8.44. The third-order valence-electron chi connectivity index (χ3n) is 5.80. The highest BCUT2D eigenvalue weighted by atomic mass is 35.5. The van der Waals surface area contributed by atoms with Crippen LogP contribution in [0.3, 0.4) is 0 Å². The molecule has 1 fully saturated rings. The molecule has 0 radical (unpaired) electrons. The van der Waals surface area contributed by atoms with E-state index in [2.05, 4.69) is 0 Å². The molecule has 35 heavy (non-hydrogen) atoms. The van der Waals surface area contributed by atoms with Gasteiger partial charge in [0.25, 0.3) is 10.0 Å². The Hall–Kier alpha value is -3.05. The summed E-state index contributed by atoms with van der Waals surface area (Å²) in [4.78, 5) is 26.2. The number of likely N-dealkylation sites (tertiary alicyclic amines) is 1.